The number of hydrogen-bond donors (Lipinski definition) is 4. The monoisotopic (exact) mass is 509 g/mol. The first-order valence-electron chi connectivity index (χ1n) is 12.6. The van der Waals surface area contributed by atoms with E-state index >= 15 is 0 Å². The summed E-state index contributed by atoms with van der Waals surface area (Å²) in [4.78, 5) is 32.4. The van der Waals surface area contributed by atoms with Gasteiger partial charge in [0.1, 0.15) is 17.3 Å². The van der Waals surface area contributed by atoms with Crippen molar-refractivity contribution in [2.24, 2.45) is 0 Å². The maximum atomic E-state index is 14.7. The molecule has 2 fully saturated rings. The van der Waals surface area contributed by atoms with Gasteiger partial charge in [0, 0.05) is 36.6 Å². The van der Waals surface area contributed by atoms with E-state index in [1.54, 1.807) is 29.6 Å². The van der Waals surface area contributed by atoms with Gasteiger partial charge in [-0.3, -0.25) is 9.78 Å². The number of anilines is 3. The number of alkyl halides is 1. The summed E-state index contributed by atoms with van der Waals surface area (Å²) in [6, 6.07) is 3.52. The second kappa shape index (κ2) is 9.79. The zero-order valence-electron chi connectivity index (χ0n) is 21.1. The van der Waals surface area contributed by atoms with Crippen molar-refractivity contribution in [1.29, 1.82) is 0 Å². The lowest BCUT2D eigenvalue weighted by Gasteiger charge is -2.38. The fourth-order valence-electron chi connectivity index (χ4n) is 4.83. The molecule has 2 atom stereocenters. The smallest absolute Gasteiger partial charge is 0.270 e. The third-order valence-electron chi connectivity index (χ3n) is 7.14. The first kappa shape index (κ1) is 25.2. The Morgan fingerprint density at radius 2 is 1.95 bits per heavy atom. The summed E-state index contributed by atoms with van der Waals surface area (Å²) in [5.74, 6) is 1.27. The summed E-state index contributed by atoms with van der Waals surface area (Å²) < 4.78 is 14.7. The number of halogens is 1. The van der Waals surface area contributed by atoms with Crippen molar-refractivity contribution < 1.29 is 19.4 Å². The fraction of sp³-hybridized carbons (Fsp3) is 0.500. The fourth-order valence-corrected chi connectivity index (χ4v) is 4.83. The lowest BCUT2D eigenvalue weighted by molar-refractivity contribution is -0.00860. The molecule has 1 aliphatic heterocycles. The first-order chi connectivity index (χ1) is 17.6. The van der Waals surface area contributed by atoms with Crippen LogP contribution in [0.15, 0.2) is 30.7 Å². The highest BCUT2D eigenvalue weighted by atomic mass is 19.1. The molecule has 4 N–H and O–H groups in total. The van der Waals surface area contributed by atoms with E-state index in [1.807, 2.05) is 6.07 Å². The SMILES string of the molecule is CC(C)c1cnc(C(=O)N[C@H]2C[C@H](O)C2)c2cnc(Nc3ccnc(N4CC[C@@H](O)[C@@](C)(F)C4)n3)cc12. The Kier molecular flexibility index (Phi) is 6.67. The number of rotatable bonds is 6. The number of amides is 1. The number of pyridine rings is 2. The highest BCUT2D eigenvalue weighted by Crippen LogP contribution is 2.31. The minimum absolute atomic E-state index is 0.00124. The number of carbonyl (C=O) groups excluding carboxylic acids is 1. The van der Waals surface area contributed by atoms with Crippen LogP contribution in [-0.2, 0) is 0 Å². The molecule has 4 heterocycles. The molecule has 0 unspecified atom stereocenters. The summed E-state index contributed by atoms with van der Waals surface area (Å²) >= 11 is 0. The zero-order valence-corrected chi connectivity index (χ0v) is 21.1. The van der Waals surface area contributed by atoms with E-state index in [9.17, 15) is 19.4 Å². The number of aromatic nitrogens is 4. The number of fused-ring (bicyclic) bond motifs is 1. The van der Waals surface area contributed by atoms with E-state index in [1.165, 1.54) is 6.92 Å². The van der Waals surface area contributed by atoms with Crippen LogP contribution in [0.3, 0.4) is 0 Å². The number of hydrogen-bond acceptors (Lipinski definition) is 9. The van der Waals surface area contributed by atoms with Gasteiger partial charge in [0.2, 0.25) is 5.95 Å². The molecule has 5 rings (SSSR count). The molecule has 0 radical (unpaired) electrons. The third-order valence-corrected chi connectivity index (χ3v) is 7.14. The van der Waals surface area contributed by atoms with Crippen molar-refractivity contribution in [1.82, 2.24) is 25.3 Å². The predicted octanol–water partition coefficient (Wildman–Crippen LogP) is 2.84. The predicted molar refractivity (Wildman–Crippen MR) is 138 cm³/mol. The molecular weight excluding hydrogens is 477 g/mol. The van der Waals surface area contributed by atoms with E-state index in [0.717, 1.165) is 10.9 Å². The second-order valence-corrected chi connectivity index (χ2v) is 10.5. The minimum Gasteiger partial charge on any atom is -0.393 e. The summed E-state index contributed by atoms with van der Waals surface area (Å²) in [7, 11) is 0. The lowest BCUT2D eigenvalue weighted by atomic mass is 9.89. The van der Waals surface area contributed by atoms with Crippen molar-refractivity contribution in [3.05, 3.63) is 42.0 Å². The number of nitrogens with zero attached hydrogens (tertiary/aromatic N) is 5. The lowest BCUT2D eigenvalue weighted by Crippen LogP contribution is -2.52. The van der Waals surface area contributed by atoms with Crippen LogP contribution in [-0.4, -0.2) is 73.1 Å². The maximum Gasteiger partial charge on any atom is 0.270 e. The Balaban J connectivity index is 1.41. The van der Waals surface area contributed by atoms with Crippen molar-refractivity contribution in [2.75, 3.05) is 23.3 Å². The highest BCUT2D eigenvalue weighted by Gasteiger charge is 2.39. The van der Waals surface area contributed by atoms with Crippen molar-refractivity contribution >= 4 is 34.3 Å². The van der Waals surface area contributed by atoms with E-state index in [-0.39, 0.29) is 30.5 Å². The molecule has 1 aliphatic carbocycles. The molecule has 196 valence electrons. The van der Waals surface area contributed by atoms with Gasteiger partial charge in [-0.25, -0.2) is 14.4 Å². The molecule has 1 saturated heterocycles. The Morgan fingerprint density at radius 1 is 1.16 bits per heavy atom. The molecular formula is C26H32FN7O3. The Hall–Kier alpha value is -3.44. The molecule has 2 aliphatic rings. The number of nitrogens with one attached hydrogen (secondary N) is 2. The number of carbonyl (C=O) groups is 1. The molecule has 1 amide bonds. The van der Waals surface area contributed by atoms with Gasteiger partial charge in [0.15, 0.2) is 5.67 Å². The van der Waals surface area contributed by atoms with Crippen molar-refractivity contribution in [3.8, 4) is 0 Å². The zero-order chi connectivity index (χ0) is 26.3. The summed E-state index contributed by atoms with van der Waals surface area (Å²) in [6.07, 6.45) is 4.96. The van der Waals surface area contributed by atoms with Gasteiger partial charge < -0.3 is 25.7 Å². The van der Waals surface area contributed by atoms with Gasteiger partial charge in [0.25, 0.3) is 5.91 Å². The van der Waals surface area contributed by atoms with Crippen LogP contribution in [0.25, 0.3) is 10.8 Å². The van der Waals surface area contributed by atoms with Crippen LogP contribution in [0.1, 0.15) is 62.0 Å². The Labute approximate surface area is 214 Å². The Bertz CT molecular complexity index is 1310. The van der Waals surface area contributed by atoms with E-state index in [0.29, 0.717) is 54.5 Å². The van der Waals surface area contributed by atoms with Crippen LogP contribution in [0, 0.1) is 0 Å². The largest absolute Gasteiger partial charge is 0.393 e. The summed E-state index contributed by atoms with van der Waals surface area (Å²) in [5, 5.41) is 27.1. The number of aliphatic hydroxyl groups excluding tert-OH is 2. The average molecular weight is 510 g/mol. The van der Waals surface area contributed by atoms with E-state index < -0.39 is 11.8 Å². The normalized spacial score (nSPS) is 25.7. The average Bonchev–Trinajstić information content (AvgIpc) is 2.84. The van der Waals surface area contributed by atoms with Gasteiger partial charge in [-0.05, 0) is 55.2 Å². The van der Waals surface area contributed by atoms with Crippen LogP contribution in [0.4, 0.5) is 22.0 Å². The van der Waals surface area contributed by atoms with Crippen LogP contribution < -0.4 is 15.5 Å². The molecule has 11 heteroatoms. The standard InChI is InChI=1S/C26H32FN7O3/c1-14(2)18-11-30-23(24(37)31-15-8-16(35)9-15)19-12-29-22(10-17(18)19)32-21-4-6-28-25(33-21)34-7-5-20(36)26(3,27)13-34/h4,6,10-12,14-16,20,35-36H,5,7-9,13H2,1-3H3,(H,31,37)(H,28,29,32,33)/t15-,16-,20-,26+/m1/s1. The quantitative estimate of drug-likeness (QED) is 0.395. The number of aliphatic hydroxyl groups is 2. The van der Waals surface area contributed by atoms with Crippen molar-refractivity contribution in [3.63, 3.8) is 0 Å². The van der Waals surface area contributed by atoms with Crippen LogP contribution in [0.2, 0.25) is 0 Å². The Morgan fingerprint density at radius 3 is 2.65 bits per heavy atom. The van der Waals surface area contributed by atoms with Gasteiger partial charge in [0.05, 0.1) is 18.8 Å². The molecule has 10 nitrogen and oxygen atoms in total. The molecule has 3 aromatic heterocycles. The molecule has 1 saturated carbocycles. The maximum absolute atomic E-state index is 14.7. The summed E-state index contributed by atoms with van der Waals surface area (Å²) in [5.41, 5.74) is -0.464. The molecule has 0 aromatic carbocycles. The minimum atomic E-state index is -1.74. The summed E-state index contributed by atoms with van der Waals surface area (Å²) in [6.45, 7) is 5.96. The second-order valence-electron chi connectivity index (χ2n) is 10.5. The highest BCUT2D eigenvalue weighted by molar-refractivity contribution is 6.06. The molecule has 0 bridgehead atoms. The van der Waals surface area contributed by atoms with Gasteiger partial charge >= 0.3 is 0 Å². The van der Waals surface area contributed by atoms with Crippen LogP contribution in [0.5, 0.6) is 0 Å². The third kappa shape index (κ3) is 5.19. The first-order valence-corrected chi connectivity index (χ1v) is 12.6. The molecule has 0 spiro atoms. The van der Waals surface area contributed by atoms with Crippen LogP contribution >= 0.6 is 0 Å². The topological polar surface area (TPSA) is 136 Å². The van der Waals surface area contributed by atoms with E-state index in [2.05, 4.69) is 44.4 Å². The van der Waals surface area contributed by atoms with Gasteiger partial charge in [-0.1, -0.05) is 13.8 Å². The van der Waals surface area contributed by atoms with Gasteiger partial charge in [-0.15, -0.1) is 0 Å². The van der Waals surface area contributed by atoms with E-state index in [4.69, 9.17) is 0 Å². The van der Waals surface area contributed by atoms with Crippen molar-refractivity contribution in [2.45, 2.75) is 69.9 Å². The number of piperidine rings is 1. The van der Waals surface area contributed by atoms with Gasteiger partial charge in [-0.2, -0.15) is 4.98 Å². The molecule has 37 heavy (non-hydrogen) atoms. The molecule has 3 aromatic rings.